The van der Waals surface area contributed by atoms with Crippen molar-refractivity contribution in [2.75, 3.05) is 0 Å². The average Bonchev–Trinajstić information content (AvgIpc) is 2.66. The molecule has 0 saturated carbocycles. The molecule has 0 heterocycles. The zero-order chi connectivity index (χ0) is 11.8. The van der Waals surface area contributed by atoms with E-state index >= 15 is 0 Å². The predicted octanol–water partition coefficient (Wildman–Crippen LogP) is 4.83. The van der Waals surface area contributed by atoms with Gasteiger partial charge < -0.3 is 0 Å². The van der Waals surface area contributed by atoms with E-state index in [0.29, 0.717) is 5.92 Å². The van der Waals surface area contributed by atoms with Crippen molar-refractivity contribution in [2.45, 2.75) is 18.7 Å². The molecule has 0 nitrogen and oxygen atoms in total. The third-order valence-corrected chi connectivity index (χ3v) is 4.26. The lowest BCUT2D eigenvalue weighted by Gasteiger charge is -2.09. The van der Waals surface area contributed by atoms with Crippen LogP contribution in [0.1, 0.15) is 23.4 Å². The summed E-state index contributed by atoms with van der Waals surface area (Å²) in [6, 6.07) is 17.2. The topological polar surface area (TPSA) is 0 Å². The number of halogens is 1. The normalized spacial score (nSPS) is 22.5. The molecule has 0 bridgehead atoms. The zero-order valence-electron chi connectivity index (χ0n) is 9.86. The summed E-state index contributed by atoms with van der Waals surface area (Å²) >= 11 is 6.45. The molecule has 3 rings (SSSR count). The van der Waals surface area contributed by atoms with Gasteiger partial charge >= 0.3 is 0 Å². The van der Waals surface area contributed by atoms with E-state index < -0.39 is 0 Å². The van der Waals surface area contributed by atoms with Gasteiger partial charge in [0.2, 0.25) is 0 Å². The summed E-state index contributed by atoms with van der Waals surface area (Å²) in [5.41, 5.74) is 5.26. The minimum absolute atomic E-state index is 0.175. The van der Waals surface area contributed by atoms with Crippen LogP contribution in [-0.2, 0) is 6.42 Å². The van der Waals surface area contributed by atoms with Crippen LogP contribution in [0.4, 0.5) is 0 Å². The summed E-state index contributed by atoms with van der Waals surface area (Å²) in [6.07, 6.45) is 1.11. The fourth-order valence-corrected chi connectivity index (χ4v) is 2.90. The van der Waals surface area contributed by atoms with Gasteiger partial charge in [0.05, 0.1) is 5.38 Å². The summed E-state index contributed by atoms with van der Waals surface area (Å²) in [4.78, 5) is 0. The Morgan fingerprint density at radius 2 is 1.76 bits per heavy atom. The van der Waals surface area contributed by atoms with Crippen molar-refractivity contribution < 1.29 is 0 Å². The Hall–Kier alpha value is -1.27. The molecular weight excluding hydrogens is 228 g/mol. The SMILES string of the molecule is CC1Cc2ccc(-c3ccccc3)cc2C1Cl. The Morgan fingerprint density at radius 3 is 2.53 bits per heavy atom. The molecule has 0 spiro atoms. The van der Waals surface area contributed by atoms with Gasteiger partial charge in [-0.2, -0.15) is 0 Å². The highest BCUT2D eigenvalue weighted by Crippen LogP contribution is 2.42. The largest absolute Gasteiger partial charge is 0.118 e. The van der Waals surface area contributed by atoms with E-state index in [1.165, 1.54) is 22.3 Å². The second-order valence-electron chi connectivity index (χ2n) is 4.86. The van der Waals surface area contributed by atoms with Crippen LogP contribution in [0, 0.1) is 5.92 Å². The monoisotopic (exact) mass is 242 g/mol. The molecule has 2 aromatic carbocycles. The molecule has 0 amide bonds. The van der Waals surface area contributed by atoms with Crippen LogP contribution in [0.3, 0.4) is 0 Å². The Labute approximate surface area is 107 Å². The van der Waals surface area contributed by atoms with Gasteiger partial charge in [-0.1, -0.05) is 49.4 Å². The summed E-state index contributed by atoms with van der Waals surface area (Å²) in [5.74, 6) is 0.553. The first-order valence-electron chi connectivity index (χ1n) is 6.08. The van der Waals surface area contributed by atoms with Crippen LogP contribution in [0.2, 0.25) is 0 Å². The van der Waals surface area contributed by atoms with Gasteiger partial charge in [0, 0.05) is 0 Å². The molecule has 17 heavy (non-hydrogen) atoms. The van der Waals surface area contributed by atoms with E-state index in [0.717, 1.165) is 6.42 Å². The fraction of sp³-hybridized carbons (Fsp3) is 0.250. The highest BCUT2D eigenvalue weighted by atomic mass is 35.5. The quantitative estimate of drug-likeness (QED) is 0.629. The number of alkyl halides is 1. The molecule has 1 heteroatoms. The van der Waals surface area contributed by atoms with Crippen molar-refractivity contribution in [3.05, 3.63) is 59.7 Å². The van der Waals surface area contributed by atoms with Crippen molar-refractivity contribution in [1.82, 2.24) is 0 Å². The van der Waals surface area contributed by atoms with E-state index in [2.05, 4.69) is 49.4 Å². The van der Waals surface area contributed by atoms with Crippen LogP contribution in [0.5, 0.6) is 0 Å². The van der Waals surface area contributed by atoms with Crippen molar-refractivity contribution in [2.24, 2.45) is 5.92 Å². The van der Waals surface area contributed by atoms with Crippen LogP contribution >= 0.6 is 11.6 Å². The Kier molecular flexibility index (Phi) is 2.68. The number of hydrogen-bond donors (Lipinski definition) is 0. The first kappa shape index (κ1) is 10.9. The van der Waals surface area contributed by atoms with Crippen LogP contribution in [0.15, 0.2) is 48.5 Å². The van der Waals surface area contributed by atoms with Gasteiger partial charge in [-0.25, -0.2) is 0 Å². The smallest absolute Gasteiger partial charge is 0.0616 e. The molecule has 2 atom stereocenters. The van der Waals surface area contributed by atoms with Crippen molar-refractivity contribution in [1.29, 1.82) is 0 Å². The molecule has 2 unspecified atom stereocenters. The van der Waals surface area contributed by atoms with E-state index in [9.17, 15) is 0 Å². The third kappa shape index (κ3) is 1.87. The first-order chi connectivity index (χ1) is 8.25. The van der Waals surface area contributed by atoms with Crippen molar-refractivity contribution >= 4 is 11.6 Å². The standard InChI is InChI=1S/C16H15Cl/c1-11-9-14-8-7-13(10-15(14)16(11)17)12-5-3-2-4-6-12/h2-8,10-11,16H,9H2,1H3. The average molecular weight is 243 g/mol. The van der Waals surface area contributed by atoms with Gasteiger partial charge in [-0.05, 0) is 40.7 Å². The number of fused-ring (bicyclic) bond motifs is 1. The second kappa shape index (κ2) is 4.19. The predicted molar refractivity (Wildman–Crippen MR) is 73.3 cm³/mol. The molecule has 0 fully saturated rings. The highest BCUT2D eigenvalue weighted by molar-refractivity contribution is 6.21. The lowest BCUT2D eigenvalue weighted by molar-refractivity contribution is 0.609. The molecule has 0 aromatic heterocycles. The third-order valence-electron chi connectivity index (χ3n) is 3.59. The van der Waals surface area contributed by atoms with E-state index in [-0.39, 0.29) is 5.38 Å². The lowest BCUT2D eigenvalue weighted by atomic mass is 10.0. The van der Waals surface area contributed by atoms with Gasteiger partial charge in [0.1, 0.15) is 0 Å². The molecule has 2 aromatic rings. The Morgan fingerprint density at radius 1 is 1.00 bits per heavy atom. The van der Waals surface area contributed by atoms with Crippen LogP contribution < -0.4 is 0 Å². The van der Waals surface area contributed by atoms with E-state index in [1.807, 2.05) is 6.07 Å². The van der Waals surface area contributed by atoms with Crippen LogP contribution in [0.25, 0.3) is 11.1 Å². The number of benzene rings is 2. The maximum absolute atomic E-state index is 6.45. The maximum atomic E-state index is 6.45. The zero-order valence-corrected chi connectivity index (χ0v) is 10.6. The number of hydrogen-bond acceptors (Lipinski definition) is 0. The van der Waals surface area contributed by atoms with E-state index in [1.54, 1.807) is 0 Å². The Balaban J connectivity index is 2.06. The molecule has 1 aliphatic rings. The molecule has 0 aliphatic heterocycles. The van der Waals surface area contributed by atoms with Crippen LogP contribution in [-0.4, -0.2) is 0 Å². The summed E-state index contributed by atoms with van der Waals surface area (Å²) in [5, 5.41) is 0.175. The van der Waals surface area contributed by atoms with E-state index in [4.69, 9.17) is 11.6 Å². The molecule has 1 aliphatic carbocycles. The molecular formula is C16H15Cl. The maximum Gasteiger partial charge on any atom is 0.0616 e. The number of rotatable bonds is 1. The Bertz CT molecular complexity index is 530. The second-order valence-corrected chi connectivity index (χ2v) is 5.33. The van der Waals surface area contributed by atoms with Gasteiger partial charge in [0.25, 0.3) is 0 Å². The van der Waals surface area contributed by atoms with Crippen molar-refractivity contribution in [3.63, 3.8) is 0 Å². The fourth-order valence-electron chi connectivity index (χ4n) is 2.60. The first-order valence-corrected chi connectivity index (χ1v) is 6.51. The van der Waals surface area contributed by atoms with Crippen molar-refractivity contribution in [3.8, 4) is 11.1 Å². The molecule has 0 radical (unpaired) electrons. The molecule has 86 valence electrons. The summed E-state index contributed by atoms with van der Waals surface area (Å²) < 4.78 is 0. The minimum atomic E-state index is 0.175. The van der Waals surface area contributed by atoms with Gasteiger partial charge in [-0.15, -0.1) is 11.6 Å². The molecule has 0 N–H and O–H groups in total. The van der Waals surface area contributed by atoms with Gasteiger partial charge in [-0.3, -0.25) is 0 Å². The highest BCUT2D eigenvalue weighted by Gasteiger charge is 2.27. The summed E-state index contributed by atoms with van der Waals surface area (Å²) in [6.45, 7) is 2.22. The molecule has 0 saturated heterocycles. The lowest BCUT2D eigenvalue weighted by Crippen LogP contribution is -1.94. The minimum Gasteiger partial charge on any atom is -0.118 e. The summed E-state index contributed by atoms with van der Waals surface area (Å²) in [7, 11) is 0. The van der Waals surface area contributed by atoms with Gasteiger partial charge in [0.15, 0.2) is 0 Å².